The number of anilines is 2. The molecule has 1 aromatic heterocycles. The van der Waals surface area contributed by atoms with Gasteiger partial charge in [-0.05, 0) is 35.9 Å². The highest BCUT2D eigenvalue weighted by Gasteiger charge is 2.16. The second kappa shape index (κ2) is 6.47. The molecule has 0 atom stereocenters. The zero-order valence-corrected chi connectivity index (χ0v) is 13.5. The number of amides is 1. The first-order chi connectivity index (χ1) is 10.3. The Morgan fingerprint density at radius 3 is 2.32 bits per heavy atom. The van der Waals surface area contributed by atoms with Crippen LogP contribution in [-0.4, -0.2) is 24.3 Å². The minimum absolute atomic E-state index is 0.00698. The summed E-state index contributed by atoms with van der Waals surface area (Å²) in [6.45, 7) is 1.36. The zero-order chi connectivity index (χ0) is 16.3. The Labute approximate surface area is 136 Å². The molecular weight excluding hydrogens is 351 g/mol. The van der Waals surface area contributed by atoms with E-state index in [1.165, 1.54) is 37.3 Å². The van der Waals surface area contributed by atoms with E-state index >= 15 is 0 Å². The second-order valence-electron chi connectivity index (χ2n) is 4.16. The lowest BCUT2D eigenvalue weighted by Gasteiger charge is -2.08. The van der Waals surface area contributed by atoms with Gasteiger partial charge >= 0.3 is 0 Å². The highest BCUT2D eigenvalue weighted by atomic mass is 35.5. The summed E-state index contributed by atoms with van der Waals surface area (Å²) < 4.78 is 26.7. The molecule has 0 aliphatic rings. The molecule has 0 fully saturated rings. The molecule has 22 heavy (non-hydrogen) atoms. The van der Waals surface area contributed by atoms with Gasteiger partial charge in [0.25, 0.3) is 10.0 Å². The van der Waals surface area contributed by atoms with Crippen LogP contribution in [-0.2, 0) is 14.8 Å². The van der Waals surface area contributed by atoms with E-state index in [-0.39, 0.29) is 27.1 Å². The lowest BCUT2D eigenvalue weighted by atomic mass is 10.3. The average molecular weight is 361 g/mol. The van der Waals surface area contributed by atoms with Gasteiger partial charge in [-0.1, -0.05) is 11.6 Å². The van der Waals surface area contributed by atoms with E-state index < -0.39 is 10.0 Å². The third-order valence-electron chi connectivity index (χ3n) is 2.39. The van der Waals surface area contributed by atoms with Gasteiger partial charge in [-0.3, -0.25) is 9.52 Å². The first-order valence-electron chi connectivity index (χ1n) is 5.87. The summed E-state index contributed by atoms with van der Waals surface area (Å²) in [5.74, 6) is -0.296. The predicted molar refractivity (Wildman–Crippen MR) is 83.6 cm³/mol. The molecule has 0 aliphatic carbocycles. The monoisotopic (exact) mass is 360 g/mol. The molecule has 2 N–H and O–H groups in total. The van der Waals surface area contributed by atoms with Crippen LogP contribution in [0, 0.1) is 0 Å². The summed E-state index contributed by atoms with van der Waals surface area (Å²) in [6.07, 6.45) is 0. The average Bonchev–Trinajstić information content (AvgIpc) is 2.36. The van der Waals surface area contributed by atoms with Crippen molar-refractivity contribution in [3.8, 4) is 0 Å². The number of benzene rings is 1. The Morgan fingerprint density at radius 2 is 1.77 bits per heavy atom. The molecule has 0 saturated heterocycles. The maximum Gasteiger partial charge on any atom is 0.263 e. The summed E-state index contributed by atoms with van der Waals surface area (Å²) in [4.78, 5) is 18.3. The molecule has 1 amide bonds. The molecule has 7 nitrogen and oxygen atoms in total. The van der Waals surface area contributed by atoms with Crippen molar-refractivity contribution >= 4 is 50.6 Å². The number of rotatable bonds is 4. The summed E-state index contributed by atoms with van der Waals surface area (Å²) in [6, 6.07) is 6.86. The molecule has 2 rings (SSSR count). The Hall–Kier alpha value is -1.90. The highest BCUT2D eigenvalue weighted by Crippen LogP contribution is 2.20. The van der Waals surface area contributed by atoms with Gasteiger partial charge in [0.15, 0.2) is 0 Å². The number of nitrogens with zero attached hydrogens (tertiary/aromatic N) is 2. The van der Waals surface area contributed by atoms with Crippen LogP contribution in [0.3, 0.4) is 0 Å². The van der Waals surface area contributed by atoms with Crippen molar-refractivity contribution in [3.05, 3.63) is 40.8 Å². The van der Waals surface area contributed by atoms with Crippen molar-refractivity contribution in [2.75, 3.05) is 10.0 Å². The zero-order valence-electron chi connectivity index (χ0n) is 11.2. The van der Waals surface area contributed by atoms with Crippen LogP contribution in [0.5, 0.6) is 0 Å². The smallest absolute Gasteiger partial charge is 0.263 e. The van der Waals surface area contributed by atoms with Crippen LogP contribution in [0.1, 0.15) is 6.92 Å². The quantitative estimate of drug-likeness (QED) is 0.644. The fourth-order valence-electron chi connectivity index (χ4n) is 1.56. The summed E-state index contributed by atoms with van der Waals surface area (Å²) in [5.41, 5.74) is 0.486. The maximum atomic E-state index is 12.2. The first-order valence-corrected chi connectivity index (χ1v) is 8.11. The van der Waals surface area contributed by atoms with E-state index in [0.29, 0.717) is 5.69 Å². The molecule has 0 bridgehead atoms. The van der Waals surface area contributed by atoms with Crippen LogP contribution in [0.25, 0.3) is 0 Å². The van der Waals surface area contributed by atoms with E-state index in [0.717, 1.165) is 0 Å². The summed E-state index contributed by atoms with van der Waals surface area (Å²) >= 11 is 11.3. The molecule has 0 spiro atoms. The molecule has 2 aromatic rings. The SMILES string of the molecule is CC(=O)Nc1ccc(S(=O)(=O)Nc2cc(Cl)nc(Cl)n2)cc1. The van der Waals surface area contributed by atoms with Gasteiger partial charge in [-0.15, -0.1) is 0 Å². The molecule has 0 aliphatic heterocycles. The lowest BCUT2D eigenvalue weighted by Crippen LogP contribution is -2.14. The number of hydrogen-bond acceptors (Lipinski definition) is 5. The highest BCUT2D eigenvalue weighted by molar-refractivity contribution is 7.92. The first kappa shape index (κ1) is 16.5. The number of aromatic nitrogens is 2. The molecule has 10 heteroatoms. The standard InChI is InChI=1S/C12H10Cl2N4O3S/c1-7(19)15-8-2-4-9(5-3-8)22(20,21)18-11-6-10(13)16-12(14)17-11/h2-6H,1H3,(H,15,19)(H,16,17,18). The number of carbonyl (C=O) groups is 1. The Morgan fingerprint density at radius 1 is 1.14 bits per heavy atom. The largest absolute Gasteiger partial charge is 0.326 e. The fraction of sp³-hybridized carbons (Fsp3) is 0.0833. The van der Waals surface area contributed by atoms with Gasteiger partial charge in [0.05, 0.1) is 4.90 Å². The van der Waals surface area contributed by atoms with Crippen LogP contribution < -0.4 is 10.0 Å². The molecule has 0 radical (unpaired) electrons. The maximum absolute atomic E-state index is 12.2. The minimum atomic E-state index is -3.86. The van der Waals surface area contributed by atoms with E-state index in [9.17, 15) is 13.2 Å². The molecule has 1 heterocycles. The normalized spacial score (nSPS) is 11.0. The Kier molecular flexibility index (Phi) is 4.84. The molecule has 0 unspecified atom stereocenters. The number of sulfonamides is 1. The summed E-state index contributed by atoms with van der Waals surface area (Å²) in [5, 5.41) is 2.38. The van der Waals surface area contributed by atoms with Gasteiger partial charge in [-0.2, -0.15) is 4.98 Å². The van der Waals surface area contributed by atoms with E-state index in [4.69, 9.17) is 23.2 Å². The lowest BCUT2D eigenvalue weighted by molar-refractivity contribution is -0.114. The van der Waals surface area contributed by atoms with Crippen molar-refractivity contribution in [2.24, 2.45) is 0 Å². The van der Waals surface area contributed by atoms with Crippen molar-refractivity contribution in [2.45, 2.75) is 11.8 Å². The van der Waals surface area contributed by atoms with Crippen molar-refractivity contribution < 1.29 is 13.2 Å². The van der Waals surface area contributed by atoms with Gasteiger partial charge in [0.2, 0.25) is 11.2 Å². The molecule has 116 valence electrons. The second-order valence-corrected chi connectivity index (χ2v) is 6.56. The number of nitrogens with one attached hydrogen (secondary N) is 2. The summed E-state index contributed by atoms with van der Waals surface area (Å²) in [7, 11) is -3.86. The van der Waals surface area contributed by atoms with Gasteiger partial charge in [-0.25, -0.2) is 13.4 Å². The van der Waals surface area contributed by atoms with Crippen molar-refractivity contribution in [3.63, 3.8) is 0 Å². The van der Waals surface area contributed by atoms with Gasteiger partial charge in [0.1, 0.15) is 11.0 Å². The number of carbonyl (C=O) groups excluding carboxylic acids is 1. The third-order valence-corrected chi connectivity index (χ3v) is 4.12. The number of hydrogen-bond donors (Lipinski definition) is 2. The van der Waals surface area contributed by atoms with E-state index in [1.54, 1.807) is 0 Å². The van der Waals surface area contributed by atoms with Gasteiger partial charge in [0, 0.05) is 18.7 Å². The fourth-order valence-corrected chi connectivity index (χ4v) is 2.96. The predicted octanol–water partition coefficient (Wildman–Crippen LogP) is 2.54. The van der Waals surface area contributed by atoms with Crippen LogP contribution in [0.4, 0.5) is 11.5 Å². The minimum Gasteiger partial charge on any atom is -0.326 e. The van der Waals surface area contributed by atoms with Crippen molar-refractivity contribution in [1.82, 2.24) is 9.97 Å². The van der Waals surface area contributed by atoms with Crippen LogP contribution in [0.2, 0.25) is 10.4 Å². The molecule has 0 saturated carbocycles. The van der Waals surface area contributed by atoms with E-state index in [1.807, 2.05) is 0 Å². The molecular formula is C12H10Cl2N4O3S. The topological polar surface area (TPSA) is 101 Å². The third kappa shape index (κ3) is 4.30. The van der Waals surface area contributed by atoms with Crippen LogP contribution >= 0.6 is 23.2 Å². The van der Waals surface area contributed by atoms with Gasteiger partial charge < -0.3 is 5.32 Å². The van der Waals surface area contributed by atoms with Crippen LogP contribution in [0.15, 0.2) is 35.2 Å². The Balaban J connectivity index is 2.24. The Bertz CT molecular complexity index is 789. The van der Waals surface area contributed by atoms with E-state index in [2.05, 4.69) is 20.0 Å². The number of halogens is 2. The molecule has 1 aromatic carbocycles. The van der Waals surface area contributed by atoms with Crippen molar-refractivity contribution in [1.29, 1.82) is 0 Å².